The van der Waals surface area contributed by atoms with E-state index >= 15 is 0 Å². The maximum Gasteiger partial charge on any atom is 0.148 e. The predicted molar refractivity (Wildman–Crippen MR) is 73.3 cm³/mol. The minimum atomic E-state index is -2.90. The fourth-order valence-electron chi connectivity index (χ4n) is 1.78. The second-order valence-electron chi connectivity index (χ2n) is 5.73. The Morgan fingerprint density at radius 2 is 2.00 bits per heavy atom. The Morgan fingerprint density at radius 3 is 2.50 bits per heavy atom. The largest absolute Gasteiger partial charge is 0.312 e. The Bertz CT molecular complexity index is 498. The van der Waals surface area contributed by atoms with Crippen LogP contribution < -0.4 is 5.32 Å². The van der Waals surface area contributed by atoms with Crippen LogP contribution in [-0.2, 0) is 28.8 Å². The second kappa shape index (κ2) is 5.40. The number of hydrogen-bond donors (Lipinski definition) is 1. The molecular formula is C12H23N3O2S. The molecule has 0 aliphatic heterocycles. The molecule has 104 valence electrons. The average Bonchev–Trinajstić information content (AvgIpc) is 2.52. The average molecular weight is 273 g/mol. The van der Waals surface area contributed by atoms with Crippen molar-refractivity contribution in [3.63, 3.8) is 0 Å². The van der Waals surface area contributed by atoms with E-state index in [9.17, 15) is 8.42 Å². The third-order valence-corrected chi connectivity index (χ3v) is 3.53. The Kier molecular flexibility index (Phi) is 4.55. The van der Waals surface area contributed by atoms with Gasteiger partial charge in [0, 0.05) is 43.6 Å². The third-order valence-electron chi connectivity index (χ3n) is 2.58. The third kappa shape index (κ3) is 4.78. The van der Waals surface area contributed by atoms with Crippen molar-refractivity contribution in [3.05, 3.63) is 17.5 Å². The highest BCUT2D eigenvalue weighted by molar-refractivity contribution is 7.90. The first-order chi connectivity index (χ1) is 8.09. The van der Waals surface area contributed by atoms with Gasteiger partial charge in [0.15, 0.2) is 0 Å². The van der Waals surface area contributed by atoms with Gasteiger partial charge in [-0.2, -0.15) is 5.10 Å². The van der Waals surface area contributed by atoms with E-state index in [0.717, 1.165) is 11.3 Å². The summed E-state index contributed by atoms with van der Waals surface area (Å²) in [4.78, 5) is 0. The Labute approximate surface area is 109 Å². The molecule has 1 aromatic heterocycles. The van der Waals surface area contributed by atoms with E-state index in [1.54, 1.807) is 4.68 Å². The first-order valence-electron chi connectivity index (χ1n) is 6.01. The molecule has 0 aromatic carbocycles. The van der Waals surface area contributed by atoms with Crippen molar-refractivity contribution in [2.45, 2.75) is 32.7 Å². The van der Waals surface area contributed by atoms with Gasteiger partial charge in [0.2, 0.25) is 0 Å². The Morgan fingerprint density at radius 1 is 1.39 bits per heavy atom. The molecule has 0 unspecified atom stereocenters. The van der Waals surface area contributed by atoms with E-state index in [0.29, 0.717) is 13.1 Å². The summed E-state index contributed by atoms with van der Waals surface area (Å²) in [7, 11) is -0.997. The normalized spacial score (nSPS) is 12.9. The van der Waals surface area contributed by atoms with Crippen LogP contribution in [0.2, 0.25) is 0 Å². The van der Waals surface area contributed by atoms with Gasteiger partial charge in [0.25, 0.3) is 0 Å². The number of sulfone groups is 1. The minimum absolute atomic E-state index is 0.00486. The van der Waals surface area contributed by atoms with Gasteiger partial charge in [-0.3, -0.25) is 4.68 Å². The molecule has 0 amide bonds. The maximum atomic E-state index is 11.0. The number of aromatic nitrogens is 2. The van der Waals surface area contributed by atoms with E-state index in [4.69, 9.17) is 0 Å². The fourth-order valence-corrected chi connectivity index (χ4v) is 2.29. The summed E-state index contributed by atoms with van der Waals surface area (Å²) in [5.41, 5.74) is 2.17. The lowest BCUT2D eigenvalue weighted by molar-refractivity contribution is 0.544. The van der Waals surface area contributed by atoms with Crippen molar-refractivity contribution >= 4 is 9.84 Å². The summed E-state index contributed by atoms with van der Waals surface area (Å²) in [5.74, 6) is 0.165. The zero-order valence-corrected chi connectivity index (χ0v) is 12.6. The van der Waals surface area contributed by atoms with Crippen molar-refractivity contribution in [2.75, 3.05) is 18.6 Å². The quantitative estimate of drug-likeness (QED) is 0.808. The lowest BCUT2D eigenvalue weighted by atomic mass is 9.89. The van der Waals surface area contributed by atoms with Crippen molar-refractivity contribution in [2.24, 2.45) is 7.05 Å². The van der Waals surface area contributed by atoms with Crippen molar-refractivity contribution < 1.29 is 8.42 Å². The van der Waals surface area contributed by atoms with Gasteiger partial charge in [-0.25, -0.2) is 8.42 Å². The van der Waals surface area contributed by atoms with E-state index in [-0.39, 0.29) is 11.2 Å². The zero-order chi connectivity index (χ0) is 14.0. The summed E-state index contributed by atoms with van der Waals surface area (Å²) >= 11 is 0. The van der Waals surface area contributed by atoms with Crippen LogP contribution in [0.15, 0.2) is 6.20 Å². The highest BCUT2D eigenvalue weighted by Gasteiger charge is 2.21. The molecule has 0 aliphatic carbocycles. The molecule has 0 atom stereocenters. The molecule has 0 saturated heterocycles. The molecule has 5 nitrogen and oxygen atoms in total. The standard InChI is InChI=1S/C12H23N3O2S/c1-12(2,3)11-10(9-15(4)14-11)8-13-6-7-18(5,16)17/h9,13H,6-8H2,1-5H3. The number of nitrogens with zero attached hydrogens (tertiary/aromatic N) is 2. The molecular weight excluding hydrogens is 250 g/mol. The summed E-state index contributed by atoms with van der Waals surface area (Å²) in [6, 6.07) is 0. The molecule has 1 rings (SSSR count). The van der Waals surface area contributed by atoms with Crippen molar-refractivity contribution in [1.82, 2.24) is 15.1 Å². The van der Waals surface area contributed by atoms with E-state index in [1.807, 2.05) is 13.2 Å². The van der Waals surface area contributed by atoms with Gasteiger partial charge < -0.3 is 5.32 Å². The van der Waals surface area contributed by atoms with Crippen LogP contribution >= 0.6 is 0 Å². The van der Waals surface area contributed by atoms with Crippen molar-refractivity contribution in [3.8, 4) is 0 Å². The second-order valence-corrected chi connectivity index (χ2v) is 7.99. The van der Waals surface area contributed by atoms with Gasteiger partial charge in [-0.15, -0.1) is 0 Å². The van der Waals surface area contributed by atoms with Crippen LogP contribution in [-0.4, -0.2) is 36.8 Å². The molecule has 6 heteroatoms. The first kappa shape index (κ1) is 15.2. The molecule has 0 saturated carbocycles. The number of rotatable bonds is 5. The number of nitrogens with one attached hydrogen (secondary N) is 1. The van der Waals surface area contributed by atoms with E-state index < -0.39 is 9.84 Å². The fraction of sp³-hybridized carbons (Fsp3) is 0.750. The lowest BCUT2D eigenvalue weighted by Gasteiger charge is -2.17. The van der Waals surface area contributed by atoms with E-state index in [2.05, 4.69) is 31.2 Å². The molecule has 1 heterocycles. The number of hydrogen-bond acceptors (Lipinski definition) is 4. The molecule has 18 heavy (non-hydrogen) atoms. The predicted octanol–water partition coefficient (Wildman–Crippen LogP) is 0.852. The summed E-state index contributed by atoms with van der Waals surface area (Å²) in [5, 5.41) is 7.62. The van der Waals surface area contributed by atoms with Gasteiger partial charge >= 0.3 is 0 Å². The monoisotopic (exact) mass is 273 g/mol. The van der Waals surface area contributed by atoms with Crippen LogP contribution in [0.1, 0.15) is 32.0 Å². The molecule has 0 bridgehead atoms. The maximum absolute atomic E-state index is 11.0. The van der Waals surface area contributed by atoms with E-state index in [1.165, 1.54) is 6.26 Å². The Hall–Kier alpha value is -0.880. The van der Waals surface area contributed by atoms with Crippen LogP contribution in [0.4, 0.5) is 0 Å². The lowest BCUT2D eigenvalue weighted by Crippen LogP contribution is -2.23. The van der Waals surface area contributed by atoms with Crippen LogP contribution in [0, 0.1) is 0 Å². The molecule has 1 N–H and O–H groups in total. The first-order valence-corrected chi connectivity index (χ1v) is 8.07. The van der Waals surface area contributed by atoms with Crippen LogP contribution in [0.5, 0.6) is 0 Å². The smallest absolute Gasteiger partial charge is 0.148 e. The summed E-state index contributed by atoms with van der Waals surface area (Å²) < 4.78 is 23.8. The highest BCUT2D eigenvalue weighted by atomic mass is 32.2. The zero-order valence-electron chi connectivity index (χ0n) is 11.8. The van der Waals surface area contributed by atoms with Gasteiger partial charge in [-0.1, -0.05) is 20.8 Å². The SMILES string of the molecule is Cn1cc(CNCCS(C)(=O)=O)c(C(C)(C)C)n1. The van der Waals surface area contributed by atoms with Crippen LogP contribution in [0.25, 0.3) is 0 Å². The van der Waals surface area contributed by atoms with Gasteiger partial charge in [0.1, 0.15) is 9.84 Å². The molecule has 0 aliphatic rings. The number of aryl methyl sites for hydroxylation is 1. The topological polar surface area (TPSA) is 64.0 Å². The van der Waals surface area contributed by atoms with Crippen LogP contribution in [0.3, 0.4) is 0 Å². The molecule has 1 aromatic rings. The summed E-state index contributed by atoms with van der Waals surface area (Å²) in [6.07, 6.45) is 3.23. The van der Waals surface area contributed by atoms with Crippen molar-refractivity contribution in [1.29, 1.82) is 0 Å². The molecule has 0 radical (unpaired) electrons. The summed E-state index contributed by atoms with van der Waals surface area (Å²) in [6.45, 7) is 7.48. The minimum Gasteiger partial charge on any atom is -0.312 e. The molecule has 0 fully saturated rings. The van der Waals surface area contributed by atoms with Gasteiger partial charge in [0.05, 0.1) is 11.4 Å². The highest BCUT2D eigenvalue weighted by Crippen LogP contribution is 2.23. The Balaban J connectivity index is 2.63. The molecule has 0 spiro atoms. The van der Waals surface area contributed by atoms with Gasteiger partial charge in [-0.05, 0) is 0 Å².